The van der Waals surface area contributed by atoms with E-state index in [1.807, 2.05) is 0 Å². The van der Waals surface area contributed by atoms with Crippen molar-refractivity contribution in [3.63, 3.8) is 0 Å². The van der Waals surface area contributed by atoms with Crippen LogP contribution in [0.15, 0.2) is 28.7 Å². The fraction of sp³-hybridized carbons (Fsp3) is 0.533. The number of aliphatic hydroxyl groups excluding tert-OH is 2. The van der Waals surface area contributed by atoms with E-state index in [-0.39, 0.29) is 40.7 Å². The third-order valence-electron chi connectivity index (χ3n) is 9.05. The van der Waals surface area contributed by atoms with Gasteiger partial charge >= 0.3 is 5.97 Å². The van der Waals surface area contributed by atoms with Crippen LogP contribution in [0.4, 0.5) is 0 Å². The predicted octanol–water partition coefficient (Wildman–Crippen LogP) is 4.34. The normalized spacial score (nSPS) is 30.8. The first-order valence-electron chi connectivity index (χ1n) is 13.0. The van der Waals surface area contributed by atoms with Crippen molar-refractivity contribution in [3.05, 3.63) is 51.0 Å². The molecule has 1 aromatic carbocycles. The maximum Gasteiger partial charge on any atom is 0.336 e. The summed E-state index contributed by atoms with van der Waals surface area (Å²) in [5, 5.41) is 56.3. The lowest BCUT2D eigenvalue weighted by Crippen LogP contribution is -2.67. The van der Waals surface area contributed by atoms with Gasteiger partial charge in [-0.1, -0.05) is 48.5 Å². The highest BCUT2D eigenvalue weighted by molar-refractivity contribution is 6.25. The largest absolute Gasteiger partial charge is 0.511 e. The molecule has 1 aromatic rings. The van der Waals surface area contributed by atoms with E-state index in [2.05, 4.69) is 0 Å². The molecule has 0 amide bonds. The minimum Gasteiger partial charge on any atom is -0.511 e. The van der Waals surface area contributed by atoms with Gasteiger partial charge in [0, 0.05) is 27.9 Å². The van der Waals surface area contributed by atoms with E-state index in [4.69, 9.17) is 0 Å². The molecule has 0 heterocycles. The number of phenols is 1. The van der Waals surface area contributed by atoms with Crippen molar-refractivity contribution in [1.29, 1.82) is 0 Å². The number of ketones is 3. The van der Waals surface area contributed by atoms with E-state index in [1.54, 1.807) is 41.5 Å². The first kappa shape index (κ1) is 28.5. The maximum atomic E-state index is 14.1. The minimum absolute atomic E-state index is 0.0954. The number of hydrogen-bond acceptors (Lipinski definition) is 8. The number of phenolic OH excluding ortho intramolecular Hbond substituents is 1. The van der Waals surface area contributed by atoms with Crippen molar-refractivity contribution in [3.8, 4) is 5.75 Å². The zero-order valence-electron chi connectivity index (χ0n) is 23.5. The van der Waals surface area contributed by atoms with Crippen molar-refractivity contribution in [2.45, 2.75) is 79.2 Å². The van der Waals surface area contributed by atoms with E-state index in [9.17, 15) is 44.7 Å². The number of carboxylic acid groups (broad SMARTS) is 1. The SMILES string of the molecule is CC(=O)C1=C(O)C(C(C)C)[C@@]2(C)C[C@@]3(C)Cc4c(C(=O)O)cc(C(C)(C)C)c(O)c4C(=O)C3=C(O)[C@@]2(O)C1=O. The molecule has 0 radical (unpaired) electrons. The fourth-order valence-electron chi connectivity index (χ4n) is 7.56. The Bertz CT molecular complexity index is 1440. The number of aliphatic hydroxyl groups is 3. The van der Waals surface area contributed by atoms with Gasteiger partial charge in [0.05, 0.1) is 11.1 Å². The smallest absolute Gasteiger partial charge is 0.336 e. The molecular formula is C30H36O9. The van der Waals surface area contributed by atoms with Crippen LogP contribution < -0.4 is 0 Å². The van der Waals surface area contributed by atoms with Crippen molar-refractivity contribution in [1.82, 2.24) is 0 Å². The highest BCUT2D eigenvalue weighted by atomic mass is 16.4. The highest BCUT2D eigenvalue weighted by Crippen LogP contribution is 2.65. The van der Waals surface area contributed by atoms with E-state index < -0.39 is 79.8 Å². The van der Waals surface area contributed by atoms with Gasteiger partial charge in [-0.15, -0.1) is 0 Å². The quantitative estimate of drug-likeness (QED) is 0.350. The summed E-state index contributed by atoms with van der Waals surface area (Å²) in [6.45, 7) is 13.0. The monoisotopic (exact) mass is 540 g/mol. The number of fused-ring (bicyclic) bond motifs is 3. The molecule has 1 unspecified atom stereocenters. The number of carbonyl (C=O) groups is 4. The third kappa shape index (κ3) is 3.48. The van der Waals surface area contributed by atoms with Gasteiger partial charge in [0.1, 0.15) is 22.8 Å². The van der Waals surface area contributed by atoms with Crippen LogP contribution >= 0.6 is 0 Å². The zero-order chi connectivity index (χ0) is 29.8. The molecule has 0 saturated carbocycles. The van der Waals surface area contributed by atoms with Gasteiger partial charge < -0.3 is 25.5 Å². The number of allylic oxidation sites excluding steroid dienone is 2. The lowest BCUT2D eigenvalue weighted by atomic mass is 9.44. The topological polar surface area (TPSA) is 169 Å². The summed E-state index contributed by atoms with van der Waals surface area (Å²) in [5.74, 6) is -7.36. The Morgan fingerprint density at radius 2 is 1.64 bits per heavy atom. The summed E-state index contributed by atoms with van der Waals surface area (Å²) < 4.78 is 0. The highest BCUT2D eigenvalue weighted by Gasteiger charge is 2.71. The lowest BCUT2D eigenvalue weighted by molar-refractivity contribution is -0.171. The molecule has 4 rings (SSSR count). The Morgan fingerprint density at radius 3 is 2.10 bits per heavy atom. The molecule has 5 N–H and O–H groups in total. The van der Waals surface area contributed by atoms with Crippen LogP contribution in [0.5, 0.6) is 5.75 Å². The van der Waals surface area contributed by atoms with Gasteiger partial charge in [-0.25, -0.2) is 4.79 Å². The van der Waals surface area contributed by atoms with Crippen LogP contribution in [0.2, 0.25) is 0 Å². The molecular weight excluding hydrogens is 504 g/mol. The number of carbonyl (C=O) groups excluding carboxylic acids is 3. The molecule has 210 valence electrons. The Morgan fingerprint density at radius 1 is 1.08 bits per heavy atom. The zero-order valence-corrected chi connectivity index (χ0v) is 23.5. The first-order chi connectivity index (χ1) is 17.7. The minimum atomic E-state index is -2.72. The Balaban J connectivity index is 2.13. The molecule has 0 bridgehead atoms. The summed E-state index contributed by atoms with van der Waals surface area (Å²) >= 11 is 0. The number of carboxylic acids is 1. The van der Waals surface area contributed by atoms with Crippen molar-refractivity contribution >= 4 is 23.3 Å². The Kier molecular flexibility index (Phi) is 6.05. The van der Waals surface area contributed by atoms with Crippen molar-refractivity contribution in [2.75, 3.05) is 0 Å². The van der Waals surface area contributed by atoms with Crippen LogP contribution in [0.25, 0.3) is 0 Å². The van der Waals surface area contributed by atoms with E-state index >= 15 is 0 Å². The van der Waals surface area contributed by atoms with Crippen LogP contribution in [0, 0.1) is 22.7 Å². The molecule has 0 fully saturated rings. The second-order valence-electron chi connectivity index (χ2n) is 13.2. The van der Waals surface area contributed by atoms with E-state index in [0.717, 1.165) is 6.92 Å². The molecule has 0 saturated heterocycles. The van der Waals surface area contributed by atoms with Gasteiger partial charge in [-0.3, -0.25) is 14.4 Å². The van der Waals surface area contributed by atoms with Gasteiger partial charge in [0.2, 0.25) is 5.78 Å². The summed E-state index contributed by atoms with van der Waals surface area (Å²) in [7, 11) is 0. The molecule has 3 aliphatic carbocycles. The summed E-state index contributed by atoms with van der Waals surface area (Å²) in [6.07, 6.45) is -0.201. The number of aromatic hydroxyl groups is 1. The van der Waals surface area contributed by atoms with Crippen molar-refractivity contribution in [2.24, 2.45) is 22.7 Å². The van der Waals surface area contributed by atoms with Gasteiger partial charge in [-0.05, 0) is 42.7 Å². The summed E-state index contributed by atoms with van der Waals surface area (Å²) in [5.41, 5.74) is -7.39. The second kappa shape index (κ2) is 8.27. The predicted molar refractivity (Wildman–Crippen MR) is 141 cm³/mol. The molecule has 0 aliphatic heterocycles. The Labute approximate surface area is 226 Å². The van der Waals surface area contributed by atoms with Crippen LogP contribution in [0.1, 0.15) is 93.7 Å². The van der Waals surface area contributed by atoms with Crippen LogP contribution in [-0.4, -0.2) is 54.5 Å². The fourth-order valence-corrected chi connectivity index (χ4v) is 7.56. The maximum absolute atomic E-state index is 14.1. The number of aromatic carboxylic acids is 1. The number of hydrogen-bond donors (Lipinski definition) is 5. The van der Waals surface area contributed by atoms with E-state index in [1.165, 1.54) is 13.0 Å². The number of Topliss-reactive ketones (excluding diaryl/α,β-unsaturated/α-hetero) is 3. The molecule has 0 spiro atoms. The lowest BCUT2D eigenvalue weighted by Gasteiger charge is -2.59. The number of rotatable bonds is 3. The van der Waals surface area contributed by atoms with Crippen molar-refractivity contribution < 1.29 is 44.7 Å². The van der Waals surface area contributed by atoms with Gasteiger partial charge in [0.15, 0.2) is 17.2 Å². The third-order valence-corrected chi connectivity index (χ3v) is 9.05. The van der Waals surface area contributed by atoms with Crippen LogP contribution in [0.3, 0.4) is 0 Å². The molecule has 9 heteroatoms. The molecule has 0 aromatic heterocycles. The molecule has 9 nitrogen and oxygen atoms in total. The van der Waals surface area contributed by atoms with E-state index in [0.29, 0.717) is 0 Å². The Hall–Kier alpha value is -3.46. The summed E-state index contributed by atoms with van der Waals surface area (Å²) in [4.78, 5) is 52.7. The average molecular weight is 541 g/mol. The number of benzene rings is 1. The average Bonchev–Trinajstić information content (AvgIpc) is 2.74. The van der Waals surface area contributed by atoms with Gasteiger partial charge in [-0.2, -0.15) is 0 Å². The standard InChI is InChI=1S/C30H36O9/c1-12(2)19-22(33)17(13(3)31)24(35)30(39)25(36)20-23(34)18-15(10-28(20,7)11-29(19,30)8)14(26(37)38)9-16(21(18)32)27(4,5)6/h9,12,19,32-33,36,39H,10-11H2,1-8H3,(H,37,38)/t19?,28-,29-,30+/m1/s1. The van der Waals surface area contributed by atoms with Gasteiger partial charge in [0.25, 0.3) is 0 Å². The molecule has 39 heavy (non-hydrogen) atoms. The summed E-state index contributed by atoms with van der Waals surface area (Å²) in [6, 6.07) is 1.36. The molecule has 4 atom stereocenters. The first-order valence-corrected chi connectivity index (χ1v) is 13.0. The van der Waals surface area contributed by atoms with Crippen LogP contribution in [-0.2, 0) is 21.4 Å². The molecule has 3 aliphatic rings. The second-order valence-corrected chi connectivity index (χ2v) is 13.2.